The van der Waals surface area contributed by atoms with Crippen LogP contribution in [0.4, 0.5) is 14.5 Å². The van der Waals surface area contributed by atoms with Gasteiger partial charge in [-0.25, -0.2) is 18.4 Å². The van der Waals surface area contributed by atoms with Crippen LogP contribution in [0.3, 0.4) is 0 Å². The molecule has 3 N–H and O–H groups in total. The SMILES string of the molecule is Cc1cc(C(F)F)nc2sc(C(N)=O)c(NC(=O)c3ccn(Cn4cc(Br)cn4)n3)c12. The number of carbonyl (C=O) groups is 2. The quantitative estimate of drug-likeness (QED) is 0.411. The third kappa shape index (κ3) is 4.18. The maximum Gasteiger partial charge on any atom is 0.280 e. The summed E-state index contributed by atoms with van der Waals surface area (Å²) in [5.41, 5.74) is 5.70. The lowest BCUT2D eigenvalue weighted by Crippen LogP contribution is -2.18. The molecule has 31 heavy (non-hydrogen) atoms. The van der Waals surface area contributed by atoms with Crippen molar-refractivity contribution in [1.82, 2.24) is 24.5 Å². The van der Waals surface area contributed by atoms with Crippen LogP contribution in [0.25, 0.3) is 10.2 Å². The Balaban J connectivity index is 1.65. The number of aryl methyl sites for hydroxylation is 1. The molecule has 0 bridgehead atoms. The Morgan fingerprint density at radius 1 is 1.35 bits per heavy atom. The first-order valence-corrected chi connectivity index (χ1v) is 10.4. The van der Waals surface area contributed by atoms with E-state index >= 15 is 0 Å². The van der Waals surface area contributed by atoms with Gasteiger partial charge in [-0.1, -0.05) is 0 Å². The largest absolute Gasteiger partial charge is 0.365 e. The number of aromatic nitrogens is 5. The summed E-state index contributed by atoms with van der Waals surface area (Å²) in [4.78, 5) is 28.8. The number of pyridine rings is 1. The van der Waals surface area contributed by atoms with Crippen LogP contribution < -0.4 is 11.1 Å². The molecule has 9 nitrogen and oxygen atoms in total. The molecule has 160 valence electrons. The summed E-state index contributed by atoms with van der Waals surface area (Å²) in [5.74, 6) is -1.38. The molecule has 0 aliphatic rings. The van der Waals surface area contributed by atoms with Gasteiger partial charge < -0.3 is 11.1 Å². The van der Waals surface area contributed by atoms with Crippen molar-refractivity contribution in [2.75, 3.05) is 5.32 Å². The summed E-state index contributed by atoms with van der Waals surface area (Å²) in [5, 5.41) is 11.4. The fourth-order valence-corrected chi connectivity index (χ4v) is 4.41. The monoisotopic (exact) mass is 509 g/mol. The number of nitrogens with one attached hydrogen (secondary N) is 1. The molecule has 0 aliphatic heterocycles. The van der Waals surface area contributed by atoms with E-state index in [0.717, 1.165) is 15.8 Å². The first kappa shape index (κ1) is 21.1. The maximum atomic E-state index is 13.1. The molecule has 0 aromatic carbocycles. The van der Waals surface area contributed by atoms with Crippen LogP contribution in [0.1, 0.15) is 37.8 Å². The molecule has 0 saturated carbocycles. The minimum atomic E-state index is -2.76. The van der Waals surface area contributed by atoms with E-state index in [1.165, 1.54) is 16.8 Å². The number of halogens is 3. The van der Waals surface area contributed by atoms with Gasteiger partial charge in [-0.05, 0) is 40.5 Å². The molecule has 0 aliphatic carbocycles. The van der Waals surface area contributed by atoms with Gasteiger partial charge in [0.05, 0.1) is 16.4 Å². The predicted octanol–water partition coefficient (Wildman–Crippen LogP) is 3.55. The van der Waals surface area contributed by atoms with Crippen molar-refractivity contribution >= 4 is 55.0 Å². The van der Waals surface area contributed by atoms with Crippen LogP contribution >= 0.6 is 27.3 Å². The first-order chi connectivity index (χ1) is 14.7. The molecule has 2 amide bonds. The zero-order valence-corrected chi connectivity index (χ0v) is 18.2. The fourth-order valence-electron chi connectivity index (χ4n) is 3.02. The third-order valence-corrected chi connectivity index (χ3v) is 5.84. The van der Waals surface area contributed by atoms with E-state index in [-0.39, 0.29) is 27.8 Å². The minimum absolute atomic E-state index is 0.0196. The Morgan fingerprint density at radius 3 is 2.77 bits per heavy atom. The summed E-state index contributed by atoms with van der Waals surface area (Å²) in [7, 11) is 0. The van der Waals surface area contributed by atoms with Crippen LogP contribution in [-0.2, 0) is 6.67 Å². The van der Waals surface area contributed by atoms with Crippen molar-refractivity contribution in [2.45, 2.75) is 20.0 Å². The Kier molecular flexibility index (Phi) is 5.54. The smallest absolute Gasteiger partial charge is 0.280 e. The lowest BCUT2D eigenvalue weighted by atomic mass is 10.1. The van der Waals surface area contributed by atoms with Gasteiger partial charge in [-0.3, -0.25) is 14.3 Å². The van der Waals surface area contributed by atoms with E-state index in [2.05, 4.69) is 36.4 Å². The van der Waals surface area contributed by atoms with E-state index in [1.807, 2.05) is 0 Å². The number of hydrogen-bond acceptors (Lipinski definition) is 6. The zero-order valence-electron chi connectivity index (χ0n) is 15.8. The van der Waals surface area contributed by atoms with Crippen LogP contribution in [-0.4, -0.2) is 36.4 Å². The molecule has 13 heteroatoms. The highest BCUT2D eigenvalue weighted by atomic mass is 79.9. The van der Waals surface area contributed by atoms with Gasteiger partial charge >= 0.3 is 0 Å². The molecule has 4 aromatic heterocycles. The number of carbonyl (C=O) groups excluding carboxylic acids is 2. The molecule has 4 aromatic rings. The van der Waals surface area contributed by atoms with Crippen LogP contribution in [0.2, 0.25) is 0 Å². The van der Waals surface area contributed by atoms with Gasteiger partial charge in [0.15, 0.2) is 5.69 Å². The normalized spacial score (nSPS) is 11.4. The summed E-state index contributed by atoms with van der Waals surface area (Å²) in [6.45, 7) is 1.88. The maximum absolute atomic E-state index is 13.1. The van der Waals surface area contributed by atoms with Crippen molar-refractivity contribution in [3.05, 3.63) is 57.0 Å². The van der Waals surface area contributed by atoms with Gasteiger partial charge in [-0.15, -0.1) is 11.3 Å². The van der Waals surface area contributed by atoms with E-state index in [4.69, 9.17) is 5.73 Å². The lowest BCUT2D eigenvalue weighted by molar-refractivity contribution is 0.100. The molecule has 0 atom stereocenters. The average molecular weight is 510 g/mol. The number of amides is 2. The standard InChI is InChI=1S/C18H14BrF2N7O2S/c1-8-4-11(15(20)21)24-18-12(8)13(14(31-18)16(22)29)25-17(30)10-2-3-27(26-10)7-28-6-9(19)5-23-28/h2-6,15H,7H2,1H3,(H2,22,29)(H,25,30). The number of nitrogens with zero attached hydrogens (tertiary/aromatic N) is 5. The van der Waals surface area contributed by atoms with Crippen molar-refractivity contribution in [3.63, 3.8) is 0 Å². The zero-order chi connectivity index (χ0) is 22.3. The first-order valence-electron chi connectivity index (χ1n) is 8.77. The van der Waals surface area contributed by atoms with Crippen LogP contribution in [0.15, 0.2) is 35.2 Å². The molecular weight excluding hydrogens is 496 g/mol. The Bertz CT molecular complexity index is 1310. The molecule has 4 heterocycles. The highest BCUT2D eigenvalue weighted by Crippen LogP contribution is 2.38. The summed E-state index contributed by atoms with van der Waals surface area (Å²) in [6, 6.07) is 2.73. The second kappa shape index (κ2) is 8.15. The van der Waals surface area contributed by atoms with Crippen molar-refractivity contribution in [1.29, 1.82) is 0 Å². The predicted molar refractivity (Wildman–Crippen MR) is 113 cm³/mol. The third-order valence-electron chi connectivity index (χ3n) is 4.33. The lowest BCUT2D eigenvalue weighted by Gasteiger charge is -2.07. The molecule has 0 spiro atoms. The van der Waals surface area contributed by atoms with E-state index in [9.17, 15) is 18.4 Å². The van der Waals surface area contributed by atoms with Gasteiger partial charge in [-0.2, -0.15) is 10.2 Å². The molecule has 0 unspecified atom stereocenters. The number of thiophene rings is 1. The van der Waals surface area contributed by atoms with Crippen molar-refractivity contribution < 1.29 is 18.4 Å². The number of nitrogens with two attached hydrogens (primary N) is 1. The second-order valence-electron chi connectivity index (χ2n) is 6.55. The average Bonchev–Trinajstić information content (AvgIpc) is 3.41. The van der Waals surface area contributed by atoms with Gasteiger partial charge in [0, 0.05) is 17.8 Å². The number of primary amides is 1. The number of fused-ring (bicyclic) bond motifs is 1. The van der Waals surface area contributed by atoms with E-state index in [1.54, 1.807) is 30.2 Å². The van der Waals surface area contributed by atoms with Gasteiger partial charge in [0.25, 0.3) is 18.2 Å². The number of rotatable bonds is 6. The number of alkyl halides is 2. The highest BCUT2D eigenvalue weighted by Gasteiger charge is 2.24. The summed E-state index contributed by atoms with van der Waals surface area (Å²) >= 11 is 4.15. The van der Waals surface area contributed by atoms with Crippen LogP contribution in [0, 0.1) is 6.92 Å². The van der Waals surface area contributed by atoms with Crippen molar-refractivity contribution in [2.24, 2.45) is 5.73 Å². The summed E-state index contributed by atoms with van der Waals surface area (Å²) < 4.78 is 30.1. The second-order valence-corrected chi connectivity index (χ2v) is 8.46. The fraction of sp³-hybridized carbons (Fsp3) is 0.167. The van der Waals surface area contributed by atoms with Gasteiger partial charge in [0.1, 0.15) is 22.1 Å². The van der Waals surface area contributed by atoms with E-state index < -0.39 is 23.9 Å². The van der Waals surface area contributed by atoms with Crippen LogP contribution in [0.5, 0.6) is 0 Å². The molecular formula is C18H14BrF2N7O2S. The van der Waals surface area contributed by atoms with E-state index in [0.29, 0.717) is 10.9 Å². The number of anilines is 1. The number of hydrogen-bond donors (Lipinski definition) is 2. The Labute approximate surface area is 186 Å². The Hall–Kier alpha value is -3.19. The van der Waals surface area contributed by atoms with Crippen molar-refractivity contribution in [3.8, 4) is 0 Å². The minimum Gasteiger partial charge on any atom is -0.365 e. The molecule has 0 fully saturated rings. The topological polar surface area (TPSA) is 121 Å². The molecule has 0 radical (unpaired) electrons. The Morgan fingerprint density at radius 2 is 2.13 bits per heavy atom. The highest BCUT2D eigenvalue weighted by molar-refractivity contribution is 9.10. The molecule has 0 saturated heterocycles. The molecule has 4 rings (SSSR count). The summed E-state index contributed by atoms with van der Waals surface area (Å²) in [6.07, 6.45) is 2.22. The van der Waals surface area contributed by atoms with Gasteiger partial charge in [0.2, 0.25) is 0 Å².